The Bertz CT molecular complexity index is 1270. The molecule has 9 nitrogen and oxygen atoms in total. The molecule has 1 aromatic carbocycles. The molecule has 1 saturated carbocycles. The highest BCUT2D eigenvalue weighted by Gasteiger charge is 2.28. The third-order valence-electron chi connectivity index (χ3n) is 5.45. The van der Waals surface area contributed by atoms with Crippen molar-refractivity contribution in [2.24, 2.45) is 0 Å². The number of carbonyl (C=O) groups excluding carboxylic acids is 2. The first-order chi connectivity index (χ1) is 16.4. The summed E-state index contributed by atoms with van der Waals surface area (Å²) in [4.78, 5) is 30.6. The van der Waals surface area contributed by atoms with Crippen molar-refractivity contribution >= 4 is 40.7 Å². The van der Waals surface area contributed by atoms with Gasteiger partial charge in [0, 0.05) is 23.3 Å². The van der Waals surface area contributed by atoms with E-state index in [2.05, 4.69) is 20.7 Å². The van der Waals surface area contributed by atoms with Crippen molar-refractivity contribution in [3.05, 3.63) is 63.4 Å². The van der Waals surface area contributed by atoms with Crippen LogP contribution in [0, 0.1) is 6.92 Å². The summed E-state index contributed by atoms with van der Waals surface area (Å²) in [6.45, 7) is 2.66. The van der Waals surface area contributed by atoms with Crippen molar-refractivity contribution in [3.8, 4) is 11.7 Å². The molecule has 2 aromatic heterocycles. The normalized spacial score (nSPS) is 15.5. The van der Waals surface area contributed by atoms with Crippen LogP contribution in [-0.4, -0.2) is 51.9 Å². The van der Waals surface area contributed by atoms with Gasteiger partial charge in [-0.15, -0.1) is 5.10 Å². The molecule has 5 rings (SSSR count). The lowest BCUT2D eigenvalue weighted by atomic mass is 10.1. The number of hydrogen-bond donors (Lipinski definition) is 2. The number of nitrogens with zero attached hydrogens (tertiary/aromatic N) is 3. The third-order valence-corrected chi connectivity index (χ3v) is 5.96. The van der Waals surface area contributed by atoms with Gasteiger partial charge in [-0.3, -0.25) is 9.59 Å². The maximum Gasteiger partial charge on any atom is 0.274 e. The van der Waals surface area contributed by atoms with Gasteiger partial charge in [0.1, 0.15) is 11.8 Å². The average molecular weight is 502 g/mol. The highest BCUT2D eigenvalue weighted by Crippen LogP contribution is 2.29. The zero-order valence-electron chi connectivity index (χ0n) is 18.2. The van der Waals surface area contributed by atoms with E-state index in [9.17, 15) is 9.59 Å². The molecule has 2 N–H and O–H groups in total. The molecular formula is C23H21Cl2N5O4. The van der Waals surface area contributed by atoms with Crippen LogP contribution in [-0.2, 0) is 4.74 Å². The van der Waals surface area contributed by atoms with Gasteiger partial charge in [-0.05, 0) is 49.6 Å². The molecule has 2 aliphatic rings. The molecule has 1 aliphatic carbocycles. The van der Waals surface area contributed by atoms with Crippen LogP contribution in [0.15, 0.2) is 36.5 Å². The predicted molar refractivity (Wildman–Crippen MR) is 126 cm³/mol. The Labute approximate surface area is 205 Å². The zero-order chi connectivity index (χ0) is 23.8. The maximum atomic E-state index is 13.5. The van der Waals surface area contributed by atoms with Crippen LogP contribution in [0.25, 0.3) is 5.82 Å². The second-order valence-corrected chi connectivity index (χ2v) is 9.06. The highest BCUT2D eigenvalue weighted by molar-refractivity contribution is 6.32. The van der Waals surface area contributed by atoms with Gasteiger partial charge in [-0.1, -0.05) is 23.2 Å². The highest BCUT2D eigenvalue weighted by atomic mass is 35.5. The molecule has 1 saturated heterocycles. The first kappa shape index (κ1) is 22.6. The van der Waals surface area contributed by atoms with Crippen molar-refractivity contribution in [2.45, 2.75) is 31.9 Å². The fourth-order valence-electron chi connectivity index (χ4n) is 3.48. The Morgan fingerprint density at radius 3 is 2.65 bits per heavy atom. The van der Waals surface area contributed by atoms with Crippen molar-refractivity contribution in [1.29, 1.82) is 0 Å². The molecule has 0 unspecified atom stereocenters. The fraction of sp³-hybridized carbons (Fsp3) is 0.304. The second-order valence-electron chi connectivity index (χ2n) is 8.21. The van der Waals surface area contributed by atoms with Gasteiger partial charge in [0.05, 0.1) is 29.5 Å². The monoisotopic (exact) mass is 501 g/mol. The van der Waals surface area contributed by atoms with Gasteiger partial charge in [0.15, 0.2) is 5.82 Å². The largest absolute Gasteiger partial charge is 0.468 e. The van der Waals surface area contributed by atoms with Crippen molar-refractivity contribution in [1.82, 2.24) is 20.1 Å². The van der Waals surface area contributed by atoms with E-state index in [1.54, 1.807) is 37.4 Å². The number of anilines is 1. The van der Waals surface area contributed by atoms with E-state index in [1.807, 2.05) is 0 Å². The Hall–Kier alpha value is -3.14. The Kier molecular flexibility index (Phi) is 6.16. The molecule has 34 heavy (non-hydrogen) atoms. The molecule has 2 fully saturated rings. The molecule has 3 heterocycles. The lowest BCUT2D eigenvalue weighted by Crippen LogP contribution is -2.38. The van der Waals surface area contributed by atoms with Gasteiger partial charge in [0.25, 0.3) is 11.8 Å². The fourth-order valence-corrected chi connectivity index (χ4v) is 3.96. The van der Waals surface area contributed by atoms with Crippen LogP contribution < -0.4 is 15.4 Å². The number of aryl methyl sites for hydroxylation is 1. The van der Waals surface area contributed by atoms with Crippen LogP contribution in [0.4, 0.5) is 5.69 Å². The van der Waals surface area contributed by atoms with Crippen molar-refractivity contribution < 1.29 is 19.1 Å². The molecule has 0 atom stereocenters. The molecule has 2 amide bonds. The first-order valence-electron chi connectivity index (χ1n) is 10.8. The van der Waals surface area contributed by atoms with E-state index in [-0.39, 0.29) is 41.0 Å². The number of benzene rings is 1. The Balaban J connectivity index is 1.50. The first-order valence-corrected chi connectivity index (χ1v) is 11.5. The third kappa shape index (κ3) is 4.72. The quantitative estimate of drug-likeness (QED) is 0.509. The molecular weight excluding hydrogens is 481 g/mol. The number of amides is 2. The topological polar surface area (TPSA) is 107 Å². The Morgan fingerprint density at radius 1 is 1.18 bits per heavy atom. The van der Waals surface area contributed by atoms with Crippen LogP contribution in [0.3, 0.4) is 0 Å². The predicted octanol–water partition coefficient (Wildman–Crippen LogP) is 3.80. The number of rotatable bonds is 7. The minimum absolute atomic E-state index is 0.138. The summed E-state index contributed by atoms with van der Waals surface area (Å²) in [6.07, 6.45) is 3.28. The zero-order valence-corrected chi connectivity index (χ0v) is 19.7. The summed E-state index contributed by atoms with van der Waals surface area (Å²) in [5.74, 6) is -0.299. The van der Waals surface area contributed by atoms with E-state index in [1.165, 1.54) is 10.7 Å². The number of ether oxygens (including phenoxy) is 2. The van der Waals surface area contributed by atoms with Gasteiger partial charge >= 0.3 is 0 Å². The minimum atomic E-state index is -0.514. The Morgan fingerprint density at radius 2 is 1.97 bits per heavy atom. The smallest absolute Gasteiger partial charge is 0.274 e. The molecule has 0 spiro atoms. The SMILES string of the molecule is Cc1cc(Cl)cc(C(=O)NC2CC2)c1NC(=O)c1cc(OC2COC2)nn1-c1ncccc1Cl. The van der Waals surface area contributed by atoms with E-state index >= 15 is 0 Å². The van der Waals surface area contributed by atoms with E-state index in [0.29, 0.717) is 34.5 Å². The summed E-state index contributed by atoms with van der Waals surface area (Å²) in [7, 11) is 0. The lowest BCUT2D eigenvalue weighted by Gasteiger charge is -2.25. The summed E-state index contributed by atoms with van der Waals surface area (Å²) in [6, 6.07) is 8.21. The van der Waals surface area contributed by atoms with Crippen molar-refractivity contribution in [3.63, 3.8) is 0 Å². The number of aromatic nitrogens is 3. The summed E-state index contributed by atoms with van der Waals surface area (Å²) in [5.41, 5.74) is 1.43. The molecule has 1 aliphatic heterocycles. The van der Waals surface area contributed by atoms with Gasteiger partial charge in [0.2, 0.25) is 5.88 Å². The number of nitrogens with one attached hydrogen (secondary N) is 2. The lowest BCUT2D eigenvalue weighted by molar-refractivity contribution is -0.0814. The number of halogens is 2. The molecule has 176 valence electrons. The number of pyridine rings is 1. The average Bonchev–Trinajstić information content (AvgIpc) is 3.48. The molecule has 0 radical (unpaired) electrons. The van der Waals surface area contributed by atoms with Crippen molar-refractivity contribution in [2.75, 3.05) is 18.5 Å². The summed E-state index contributed by atoms with van der Waals surface area (Å²) < 4.78 is 12.3. The number of hydrogen-bond acceptors (Lipinski definition) is 6. The van der Waals surface area contributed by atoms with Gasteiger partial charge in [-0.25, -0.2) is 9.67 Å². The van der Waals surface area contributed by atoms with Crippen LogP contribution in [0.5, 0.6) is 5.88 Å². The van der Waals surface area contributed by atoms with E-state index < -0.39 is 5.91 Å². The maximum absolute atomic E-state index is 13.5. The molecule has 11 heteroatoms. The summed E-state index contributed by atoms with van der Waals surface area (Å²) >= 11 is 12.5. The second kappa shape index (κ2) is 9.25. The molecule has 3 aromatic rings. The molecule has 0 bridgehead atoms. The van der Waals surface area contributed by atoms with Crippen LogP contribution >= 0.6 is 23.2 Å². The van der Waals surface area contributed by atoms with Gasteiger partial charge < -0.3 is 20.1 Å². The summed E-state index contributed by atoms with van der Waals surface area (Å²) in [5, 5.41) is 10.9. The van der Waals surface area contributed by atoms with Crippen LogP contribution in [0.1, 0.15) is 39.3 Å². The van der Waals surface area contributed by atoms with E-state index in [0.717, 1.165) is 12.8 Å². The van der Waals surface area contributed by atoms with Crippen LogP contribution in [0.2, 0.25) is 10.0 Å². The standard InChI is InChI=1S/C23H21Cl2N5O4/c1-12-7-13(24)8-16(22(31)27-14-4-5-14)20(12)28-23(32)18-9-19(34-15-10-33-11-15)29-30(18)21-17(25)3-2-6-26-21/h2-3,6-9,14-15H,4-5,10-11H2,1H3,(H,27,31)(H,28,32). The minimum Gasteiger partial charge on any atom is -0.468 e. The van der Waals surface area contributed by atoms with E-state index in [4.69, 9.17) is 32.7 Å². The number of carbonyl (C=O) groups is 2. The van der Waals surface area contributed by atoms with Gasteiger partial charge in [-0.2, -0.15) is 0 Å².